The van der Waals surface area contributed by atoms with Gasteiger partial charge >= 0.3 is 0 Å². The minimum absolute atomic E-state index is 0. The average molecular weight is 361 g/mol. The fraction of sp³-hybridized carbons (Fsp3) is 0.125. The van der Waals surface area contributed by atoms with Crippen LogP contribution in [0.25, 0.3) is 22.8 Å². The summed E-state index contributed by atoms with van der Waals surface area (Å²) in [5.74, 6) is -0.409. The zero-order valence-electron chi connectivity index (χ0n) is 12.9. The Hall–Kier alpha value is -3.00. The number of carbonyl (C=O) groups excluding carboxylic acids is 1. The number of benzene rings is 1. The minimum Gasteiger partial charge on any atom is -0.399 e. The number of nitrogens with zero attached hydrogens (tertiary/aromatic N) is 4. The normalized spacial score (nSPS) is 12.9. The van der Waals surface area contributed by atoms with E-state index < -0.39 is 5.82 Å². The number of anilines is 1. The molecular formula is C16H14ClFN6O. The van der Waals surface area contributed by atoms with Gasteiger partial charge < -0.3 is 11.1 Å². The van der Waals surface area contributed by atoms with E-state index in [0.717, 1.165) is 0 Å². The minimum atomic E-state index is -0.454. The maximum absolute atomic E-state index is 14.0. The maximum atomic E-state index is 14.0. The van der Waals surface area contributed by atoms with Crippen molar-refractivity contribution in [1.82, 2.24) is 25.1 Å². The Balaban J connectivity index is 0.00000182. The molecule has 0 bridgehead atoms. The average Bonchev–Trinajstić information content (AvgIpc) is 3.03. The third kappa shape index (κ3) is 3.03. The van der Waals surface area contributed by atoms with Gasteiger partial charge in [0.2, 0.25) is 0 Å². The number of carbonyl (C=O) groups is 1. The van der Waals surface area contributed by atoms with Crippen molar-refractivity contribution in [3.63, 3.8) is 0 Å². The summed E-state index contributed by atoms with van der Waals surface area (Å²) in [7, 11) is 0. The number of hydrogen-bond acceptors (Lipinski definition) is 5. The van der Waals surface area contributed by atoms with Crippen LogP contribution in [0.2, 0.25) is 0 Å². The highest BCUT2D eigenvalue weighted by Gasteiger charge is 2.20. The van der Waals surface area contributed by atoms with Crippen molar-refractivity contribution in [2.45, 2.75) is 6.54 Å². The van der Waals surface area contributed by atoms with Crippen molar-refractivity contribution in [3.8, 4) is 22.8 Å². The van der Waals surface area contributed by atoms with Crippen LogP contribution in [0.3, 0.4) is 0 Å². The smallest absolute Gasteiger partial charge is 0.269 e. The standard InChI is InChI=1S/C16H13FN6O.ClH/c17-11-2-1-9(18)7-10(11)15-19-4-3-12(21-15)13-8-14-16(24)20-5-6-23(14)22-13;/h1-4,7-8H,5-6,18H2,(H,20,24);1H. The highest BCUT2D eigenvalue weighted by Crippen LogP contribution is 2.24. The van der Waals surface area contributed by atoms with Gasteiger partial charge in [-0.3, -0.25) is 9.48 Å². The van der Waals surface area contributed by atoms with E-state index in [1.54, 1.807) is 16.8 Å². The van der Waals surface area contributed by atoms with Crippen LogP contribution >= 0.6 is 12.4 Å². The Morgan fingerprint density at radius 3 is 2.84 bits per heavy atom. The second-order valence-electron chi connectivity index (χ2n) is 5.40. The summed E-state index contributed by atoms with van der Waals surface area (Å²) in [5.41, 5.74) is 7.89. The van der Waals surface area contributed by atoms with Gasteiger partial charge in [0.05, 0.1) is 17.8 Å². The highest BCUT2D eigenvalue weighted by atomic mass is 35.5. The molecule has 1 aromatic carbocycles. The Labute approximate surface area is 148 Å². The zero-order valence-corrected chi connectivity index (χ0v) is 13.8. The molecule has 25 heavy (non-hydrogen) atoms. The molecule has 2 aromatic heterocycles. The first-order valence-corrected chi connectivity index (χ1v) is 7.37. The van der Waals surface area contributed by atoms with Gasteiger partial charge in [0, 0.05) is 18.4 Å². The number of rotatable bonds is 2. The summed E-state index contributed by atoms with van der Waals surface area (Å²) >= 11 is 0. The first kappa shape index (κ1) is 16.8. The van der Waals surface area contributed by atoms with E-state index in [0.29, 0.717) is 35.9 Å². The monoisotopic (exact) mass is 360 g/mol. The van der Waals surface area contributed by atoms with Crippen molar-refractivity contribution < 1.29 is 9.18 Å². The molecule has 0 fully saturated rings. The van der Waals surface area contributed by atoms with Crippen molar-refractivity contribution in [2.24, 2.45) is 0 Å². The molecule has 128 valence electrons. The molecule has 0 unspecified atom stereocenters. The van der Waals surface area contributed by atoms with Crippen LogP contribution in [0.15, 0.2) is 36.5 Å². The largest absolute Gasteiger partial charge is 0.399 e. The molecule has 1 amide bonds. The van der Waals surface area contributed by atoms with E-state index in [1.165, 1.54) is 24.4 Å². The second-order valence-corrected chi connectivity index (χ2v) is 5.40. The number of hydrogen-bond donors (Lipinski definition) is 2. The van der Waals surface area contributed by atoms with Gasteiger partial charge in [0.25, 0.3) is 5.91 Å². The lowest BCUT2D eigenvalue weighted by molar-refractivity contribution is 0.0924. The van der Waals surface area contributed by atoms with Crippen LogP contribution in [0.5, 0.6) is 0 Å². The number of fused-ring (bicyclic) bond motifs is 1. The molecule has 1 aliphatic heterocycles. The van der Waals surface area contributed by atoms with Crippen LogP contribution in [0.1, 0.15) is 10.5 Å². The van der Waals surface area contributed by atoms with Gasteiger partial charge in [-0.05, 0) is 30.3 Å². The van der Waals surface area contributed by atoms with E-state index in [9.17, 15) is 9.18 Å². The van der Waals surface area contributed by atoms with Gasteiger partial charge in [0.15, 0.2) is 5.82 Å². The number of nitrogens with one attached hydrogen (secondary N) is 1. The van der Waals surface area contributed by atoms with Crippen LogP contribution in [0.4, 0.5) is 10.1 Å². The predicted molar refractivity (Wildman–Crippen MR) is 92.6 cm³/mol. The summed E-state index contributed by atoms with van der Waals surface area (Å²) < 4.78 is 15.7. The van der Waals surface area contributed by atoms with Gasteiger partial charge in [-0.1, -0.05) is 0 Å². The number of nitrogens with two attached hydrogens (primary N) is 1. The van der Waals surface area contributed by atoms with E-state index in [1.807, 2.05) is 0 Å². The van der Waals surface area contributed by atoms with E-state index >= 15 is 0 Å². The molecule has 4 rings (SSSR count). The van der Waals surface area contributed by atoms with Crippen molar-refractivity contribution in [3.05, 3.63) is 48.0 Å². The van der Waals surface area contributed by atoms with Crippen LogP contribution in [-0.4, -0.2) is 32.2 Å². The molecule has 3 N–H and O–H groups in total. The SMILES string of the molecule is Cl.Nc1ccc(F)c(-c2nccc(-c3cc4n(n3)CCNC4=O)n2)c1. The van der Waals surface area contributed by atoms with Crippen molar-refractivity contribution in [1.29, 1.82) is 0 Å². The third-order valence-electron chi connectivity index (χ3n) is 3.77. The Morgan fingerprint density at radius 2 is 2.04 bits per heavy atom. The van der Waals surface area contributed by atoms with E-state index in [-0.39, 0.29) is 29.7 Å². The second kappa shape index (κ2) is 6.48. The fourth-order valence-electron chi connectivity index (χ4n) is 2.61. The molecule has 0 radical (unpaired) electrons. The van der Waals surface area contributed by atoms with Crippen LogP contribution in [0, 0.1) is 5.82 Å². The number of halogens is 2. The fourth-order valence-corrected chi connectivity index (χ4v) is 2.61. The molecule has 1 aliphatic rings. The van der Waals surface area contributed by atoms with Gasteiger partial charge in [-0.2, -0.15) is 5.10 Å². The Bertz CT molecular complexity index is 958. The molecule has 0 spiro atoms. The van der Waals surface area contributed by atoms with Crippen LogP contribution < -0.4 is 11.1 Å². The summed E-state index contributed by atoms with van der Waals surface area (Å²) in [4.78, 5) is 20.3. The number of nitrogen functional groups attached to an aromatic ring is 1. The van der Waals surface area contributed by atoms with Crippen LogP contribution in [-0.2, 0) is 6.54 Å². The summed E-state index contributed by atoms with van der Waals surface area (Å²) in [6.07, 6.45) is 1.53. The Morgan fingerprint density at radius 1 is 1.20 bits per heavy atom. The van der Waals surface area contributed by atoms with Gasteiger partial charge in [-0.15, -0.1) is 12.4 Å². The van der Waals surface area contributed by atoms with Crippen molar-refractivity contribution in [2.75, 3.05) is 12.3 Å². The quantitative estimate of drug-likeness (QED) is 0.680. The molecule has 7 nitrogen and oxygen atoms in total. The lowest BCUT2D eigenvalue weighted by Gasteiger charge is -2.13. The molecular weight excluding hydrogens is 347 g/mol. The molecule has 9 heteroatoms. The molecule has 0 saturated heterocycles. The third-order valence-corrected chi connectivity index (χ3v) is 3.77. The molecule has 3 aromatic rings. The Kier molecular flexibility index (Phi) is 4.37. The lowest BCUT2D eigenvalue weighted by atomic mass is 10.1. The van der Waals surface area contributed by atoms with E-state index in [2.05, 4.69) is 20.4 Å². The van der Waals surface area contributed by atoms with Gasteiger partial charge in [0.1, 0.15) is 17.2 Å². The lowest BCUT2D eigenvalue weighted by Crippen LogP contribution is -2.35. The van der Waals surface area contributed by atoms with Gasteiger partial charge in [-0.25, -0.2) is 14.4 Å². The topological polar surface area (TPSA) is 98.7 Å². The number of aromatic nitrogens is 4. The first-order valence-electron chi connectivity index (χ1n) is 7.37. The molecule has 0 saturated carbocycles. The summed E-state index contributed by atoms with van der Waals surface area (Å²) in [6.45, 7) is 1.14. The summed E-state index contributed by atoms with van der Waals surface area (Å²) in [6, 6.07) is 7.57. The highest BCUT2D eigenvalue weighted by molar-refractivity contribution is 5.94. The molecule has 3 heterocycles. The first-order chi connectivity index (χ1) is 11.6. The van der Waals surface area contributed by atoms with E-state index in [4.69, 9.17) is 5.73 Å². The summed E-state index contributed by atoms with van der Waals surface area (Å²) in [5, 5.41) is 7.15. The predicted octanol–water partition coefficient (Wildman–Crippen LogP) is 1.89. The molecule has 0 atom stereocenters. The zero-order chi connectivity index (χ0) is 16.7. The number of amides is 1. The maximum Gasteiger partial charge on any atom is 0.269 e. The van der Waals surface area contributed by atoms with Crippen molar-refractivity contribution >= 4 is 24.0 Å². The molecule has 0 aliphatic carbocycles.